The molecule has 2 aromatic heterocycles. The van der Waals surface area contributed by atoms with Crippen LogP contribution in [0.15, 0.2) is 35.4 Å². The molecule has 5 heteroatoms. The summed E-state index contributed by atoms with van der Waals surface area (Å²) in [5.74, 6) is 0.487. The lowest BCUT2D eigenvalue weighted by Gasteiger charge is -2.07. The van der Waals surface area contributed by atoms with E-state index in [2.05, 4.69) is 29.6 Å². The lowest BCUT2D eigenvalue weighted by Crippen LogP contribution is -2.21. The van der Waals surface area contributed by atoms with Gasteiger partial charge in [0.1, 0.15) is 0 Å². The number of aryl methyl sites for hydroxylation is 2. The van der Waals surface area contributed by atoms with Gasteiger partial charge in [-0.3, -0.25) is 4.79 Å². The van der Waals surface area contributed by atoms with Crippen LogP contribution in [-0.2, 0) is 20.0 Å². The number of benzene rings is 1. The highest BCUT2D eigenvalue weighted by Crippen LogP contribution is 2.20. The molecule has 0 amide bonds. The van der Waals surface area contributed by atoms with Gasteiger partial charge in [-0.15, -0.1) is 0 Å². The number of hydrogen-bond acceptors (Lipinski definition) is 3. The van der Waals surface area contributed by atoms with Crippen molar-refractivity contribution in [3.63, 3.8) is 0 Å². The van der Waals surface area contributed by atoms with Crippen LogP contribution < -0.4 is 11.3 Å². The highest BCUT2D eigenvalue weighted by Gasteiger charge is 2.13. The van der Waals surface area contributed by atoms with E-state index in [1.165, 1.54) is 4.68 Å². The third-order valence-electron chi connectivity index (χ3n) is 4.29. The molecular weight excluding hydrogens is 300 g/mol. The van der Waals surface area contributed by atoms with E-state index >= 15 is 0 Å². The fourth-order valence-electron chi connectivity index (χ4n) is 3.04. The van der Waals surface area contributed by atoms with Gasteiger partial charge in [0.05, 0.1) is 11.1 Å². The van der Waals surface area contributed by atoms with Crippen LogP contribution in [0.1, 0.15) is 30.7 Å². The zero-order chi connectivity index (χ0) is 17.4. The molecule has 0 saturated heterocycles. The van der Waals surface area contributed by atoms with E-state index in [9.17, 15) is 4.79 Å². The van der Waals surface area contributed by atoms with Crippen LogP contribution in [-0.4, -0.2) is 14.3 Å². The summed E-state index contributed by atoms with van der Waals surface area (Å²) >= 11 is 0. The molecule has 0 aliphatic rings. The molecular formula is C19H24N4O. The summed E-state index contributed by atoms with van der Waals surface area (Å²) in [6, 6.07) is 6.04. The Kier molecular flexibility index (Phi) is 4.18. The molecule has 24 heavy (non-hydrogen) atoms. The number of nitrogens with zero attached hydrogens (tertiary/aromatic N) is 3. The lowest BCUT2D eigenvalue weighted by atomic mass is 10.1. The monoisotopic (exact) mass is 324 g/mol. The van der Waals surface area contributed by atoms with Gasteiger partial charge < -0.3 is 10.3 Å². The van der Waals surface area contributed by atoms with Crippen LogP contribution in [0.2, 0.25) is 0 Å². The van der Waals surface area contributed by atoms with Crippen LogP contribution in [0.3, 0.4) is 0 Å². The van der Waals surface area contributed by atoms with E-state index in [-0.39, 0.29) is 5.56 Å². The first-order valence-corrected chi connectivity index (χ1v) is 8.26. The van der Waals surface area contributed by atoms with Gasteiger partial charge in [-0.1, -0.05) is 26.0 Å². The average Bonchev–Trinajstić information content (AvgIpc) is 2.92. The van der Waals surface area contributed by atoms with Gasteiger partial charge >= 0.3 is 0 Å². The predicted molar refractivity (Wildman–Crippen MR) is 98.2 cm³/mol. The second kappa shape index (κ2) is 6.15. The SMILES string of the molecule is Cc1cc(Cn2cc3c(CC(C)C)nn(C)c(=O)c3c2)ccc1N. The van der Waals surface area contributed by atoms with Crippen molar-refractivity contribution in [2.45, 2.75) is 33.7 Å². The number of aromatic nitrogens is 3. The zero-order valence-corrected chi connectivity index (χ0v) is 14.7. The summed E-state index contributed by atoms with van der Waals surface area (Å²) in [5, 5.41) is 6.15. The summed E-state index contributed by atoms with van der Waals surface area (Å²) in [6.45, 7) is 7.03. The third-order valence-corrected chi connectivity index (χ3v) is 4.29. The van der Waals surface area contributed by atoms with Crippen molar-refractivity contribution in [2.75, 3.05) is 5.73 Å². The smallest absolute Gasteiger partial charge is 0.275 e. The highest BCUT2D eigenvalue weighted by atomic mass is 16.1. The molecule has 126 valence electrons. The zero-order valence-electron chi connectivity index (χ0n) is 14.7. The molecule has 3 rings (SSSR count). The first kappa shape index (κ1) is 16.3. The fraction of sp³-hybridized carbons (Fsp3) is 0.368. The van der Waals surface area contributed by atoms with Crippen molar-refractivity contribution < 1.29 is 0 Å². The van der Waals surface area contributed by atoms with Crippen molar-refractivity contribution in [2.24, 2.45) is 13.0 Å². The first-order chi connectivity index (χ1) is 11.3. The Morgan fingerprint density at radius 3 is 2.58 bits per heavy atom. The maximum absolute atomic E-state index is 12.4. The average molecular weight is 324 g/mol. The van der Waals surface area contributed by atoms with Gasteiger partial charge in [-0.2, -0.15) is 5.10 Å². The second-order valence-electron chi connectivity index (χ2n) is 6.92. The predicted octanol–water partition coefficient (Wildman–Crippen LogP) is 2.87. The van der Waals surface area contributed by atoms with Crippen molar-refractivity contribution >= 4 is 16.5 Å². The molecule has 0 aliphatic carbocycles. The number of fused-ring (bicyclic) bond motifs is 1. The van der Waals surface area contributed by atoms with E-state index in [0.29, 0.717) is 12.5 Å². The summed E-state index contributed by atoms with van der Waals surface area (Å²) in [6.07, 6.45) is 4.82. The molecule has 2 N–H and O–H groups in total. The Labute approximate surface area is 141 Å². The molecule has 0 fully saturated rings. The van der Waals surface area contributed by atoms with Crippen LogP contribution >= 0.6 is 0 Å². The minimum absolute atomic E-state index is 0.0512. The number of nitrogens with two attached hydrogens (primary N) is 1. The molecule has 3 aromatic rings. The Morgan fingerprint density at radius 1 is 1.21 bits per heavy atom. The molecule has 0 radical (unpaired) electrons. The van der Waals surface area contributed by atoms with Gasteiger partial charge in [0.25, 0.3) is 5.56 Å². The molecule has 1 aromatic carbocycles. The number of anilines is 1. The minimum Gasteiger partial charge on any atom is -0.399 e. The normalized spacial score (nSPS) is 11.5. The van der Waals surface area contributed by atoms with Gasteiger partial charge in [-0.05, 0) is 36.5 Å². The van der Waals surface area contributed by atoms with Crippen molar-refractivity contribution in [3.05, 3.63) is 57.8 Å². The van der Waals surface area contributed by atoms with Crippen molar-refractivity contribution in [3.8, 4) is 0 Å². The number of hydrogen-bond donors (Lipinski definition) is 1. The standard InChI is InChI=1S/C19H24N4O/c1-12(2)7-18-15-10-23(11-16(15)19(24)22(4)21-18)9-14-5-6-17(20)13(3)8-14/h5-6,8,10-12H,7,9,20H2,1-4H3. The van der Waals surface area contributed by atoms with Crippen LogP contribution in [0.5, 0.6) is 0 Å². The maximum atomic E-state index is 12.4. The van der Waals surface area contributed by atoms with E-state index in [1.807, 2.05) is 31.5 Å². The van der Waals surface area contributed by atoms with Crippen LogP contribution in [0.4, 0.5) is 5.69 Å². The van der Waals surface area contributed by atoms with Gasteiger partial charge in [0, 0.05) is 37.1 Å². The lowest BCUT2D eigenvalue weighted by molar-refractivity contribution is 0.605. The topological polar surface area (TPSA) is 65.8 Å². The minimum atomic E-state index is -0.0512. The van der Waals surface area contributed by atoms with E-state index in [0.717, 1.165) is 39.7 Å². The van der Waals surface area contributed by atoms with Gasteiger partial charge in [-0.25, -0.2) is 4.68 Å². The summed E-state index contributed by atoms with van der Waals surface area (Å²) in [4.78, 5) is 12.4. The molecule has 0 aliphatic heterocycles. The summed E-state index contributed by atoms with van der Waals surface area (Å²) in [7, 11) is 1.71. The van der Waals surface area contributed by atoms with E-state index in [1.54, 1.807) is 7.05 Å². The molecule has 0 saturated carbocycles. The Morgan fingerprint density at radius 2 is 1.92 bits per heavy atom. The molecule has 0 spiro atoms. The molecule has 5 nitrogen and oxygen atoms in total. The quantitative estimate of drug-likeness (QED) is 0.751. The van der Waals surface area contributed by atoms with Crippen LogP contribution in [0, 0.1) is 12.8 Å². The summed E-state index contributed by atoms with van der Waals surface area (Å²) in [5.41, 5.74) is 9.85. The van der Waals surface area contributed by atoms with Crippen LogP contribution in [0.25, 0.3) is 10.8 Å². The van der Waals surface area contributed by atoms with E-state index in [4.69, 9.17) is 5.73 Å². The molecule has 2 heterocycles. The Hall–Kier alpha value is -2.56. The fourth-order valence-corrected chi connectivity index (χ4v) is 3.04. The highest BCUT2D eigenvalue weighted by molar-refractivity contribution is 5.83. The van der Waals surface area contributed by atoms with Crippen molar-refractivity contribution in [1.82, 2.24) is 14.3 Å². The van der Waals surface area contributed by atoms with Crippen molar-refractivity contribution in [1.29, 1.82) is 0 Å². The second-order valence-corrected chi connectivity index (χ2v) is 6.92. The summed E-state index contributed by atoms with van der Waals surface area (Å²) < 4.78 is 3.50. The molecule has 0 unspecified atom stereocenters. The Balaban J connectivity index is 2.05. The first-order valence-electron chi connectivity index (χ1n) is 8.26. The largest absolute Gasteiger partial charge is 0.399 e. The number of nitrogen functional groups attached to an aromatic ring is 1. The maximum Gasteiger partial charge on any atom is 0.275 e. The Bertz CT molecular complexity index is 950. The number of rotatable bonds is 4. The molecule has 0 atom stereocenters. The van der Waals surface area contributed by atoms with Gasteiger partial charge in [0.2, 0.25) is 0 Å². The van der Waals surface area contributed by atoms with Gasteiger partial charge in [0.15, 0.2) is 0 Å². The van der Waals surface area contributed by atoms with E-state index < -0.39 is 0 Å². The third kappa shape index (κ3) is 3.07. The molecule has 0 bridgehead atoms.